The Morgan fingerprint density at radius 1 is 1.32 bits per heavy atom. The summed E-state index contributed by atoms with van der Waals surface area (Å²) in [6, 6.07) is 0. The molecular formula is C15H17F3O6S. The van der Waals surface area contributed by atoms with Crippen molar-refractivity contribution in [2.24, 2.45) is 5.41 Å². The molecule has 0 N–H and O–H groups in total. The number of Topliss-reactive ketones (excluding diaryl/α,β-unsaturated/α-hetero) is 1. The van der Waals surface area contributed by atoms with Crippen LogP contribution in [-0.4, -0.2) is 32.3 Å². The summed E-state index contributed by atoms with van der Waals surface area (Å²) < 4.78 is 70.4. The van der Waals surface area contributed by atoms with Crippen molar-refractivity contribution in [2.45, 2.75) is 45.0 Å². The summed E-state index contributed by atoms with van der Waals surface area (Å²) in [5, 5.41) is 0. The third-order valence-electron chi connectivity index (χ3n) is 4.43. The number of esters is 1. The predicted molar refractivity (Wildman–Crippen MR) is 79.4 cm³/mol. The first kappa shape index (κ1) is 19.5. The molecule has 0 saturated heterocycles. The molecule has 0 spiro atoms. The van der Waals surface area contributed by atoms with E-state index in [1.165, 1.54) is 13.0 Å². The Bertz CT molecular complexity index is 763. The standard InChI is InChI=1S/C15H17F3O6S/c1-9-11-4-3-5-13(24-25(21,22)15(16,17)18)14(11,7-6-12(9)20)8-23-10(2)19/h5H,3-4,6-8H2,1-2H3/t14-/m1/s1. The van der Waals surface area contributed by atoms with Gasteiger partial charge in [-0.05, 0) is 43.4 Å². The van der Waals surface area contributed by atoms with Gasteiger partial charge in [0.05, 0.1) is 5.41 Å². The van der Waals surface area contributed by atoms with E-state index < -0.39 is 32.8 Å². The summed E-state index contributed by atoms with van der Waals surface area (Å²) >= 11 is 0. The Morgan fingerprint density at radius 2 is 1.96 bits per heavy atom. The van der Waals surface area contributed by atoms with Crippen LogP contribution < -0.4 is 0 Å². The topological polar surface area (TPSA) is 86.7 Å². The highest BCUT2D eigenvalue weighted by Gasteiger charge is 2.53. The lowest BCUT2D eigenvalue weighted by Crippen LogP contribution is -2.41. The van der Waals surface area contributed by atoms with E-state index >= 15 is 0 Å². The SMILES string of the molecule is CC(=O)OC[C@]12CCC(=O)C(C)=C1CCC=C2OS(=O)(=O)C(F)(F)F. The predicted octanol–water partition coefficient (Wildman–Crippen LogP) is 2.76. The van der Waals surface area contributed by atoms with Crippen LogP contribution in [0.15, 0.2) is 23.0 Å². The van der Waals surface area contributed by atoms with Crippen molar-refractivity contribution in [3.8, 4) is 0 Å². The second-order valence-corrected chi connectivity index (χ2v) is 7.52. The van der Waals surface area contributed by atoms with Crippen LogP contribution in [0.5, 0.6) is 0 Å². The molecule has 0 saturated carbocycles. The van der Waals surface area contributed by atoms with Crippen LogP contribution in [0.3, 0.4) is 0 Å². The van der Waals surface area contributed by atoms with E-state index in [-0.39, 0.29) is 31.7 Å². The highest BCUT2D eigenvalue weighted by Crippen LogP contribution is 2.51. The maximum absolute atomic E-state index is 12.7. The number of hydrogen-bond acceptors (Lipinski definition) is 6. The maximum Gasteiger partial charge on any atom is 0.534 e. The smallest absolute Gasteiger partial charge is 0.464 e. The fraction of sp³-hybridized carbons (Fsp3) is 0.600. The van der Waals surface area contributed by atoms with Gasteiger partial charge in [-0.3, -0.25) is 9.59 Å². The Hall–Kier alpha value is -1.84. The van der Waals surface area contributed by atoms with Gasteiger partial charge >= 0.3 is 21.6 Å². The number of alkyl halides is 3. The zero-order valence-corrected chi connectivity index (χ0v) is 14.4. The van der Waals surface area contributed by atoms with Gasteiger partial charge in [-0.15, -0.1) is 0 Å². The number of hydrogen-bond donors (Lipinski definition) is 0. The Labute approximate surface area is 142 Å². The summed E-state index contributed by atoms with van der Waals surface area (Å²) in [5.74, 6) is -1.29. The third kappa shape index (κ3) is 3.58. The van der Waals surface area contributed by atoms with E-state index in [1.807, 2.05) is 0 Å². The summed E-state index contributed by atoms with van der Waals surface area (Å²) in [4.78, 5) is 23.1. The average Bonchev–Trinajstić information content (AvgIpc) is 2.49. The summed E-state index contributed by atoms with van der Waals surface area (Å²) in [6.45, 7) is 2.27. The number of ether oxygens (including phenoxy) is 1. The summed E-state index contributed by atoms with van der Waals surface area (Å²) in [6.07, 6.45) is 1.80. The highest BCUT2D eigenvalue weighted by atomic mass is 32.2. The molecule has 1 atom stereocenters. The first-order valence-electron chi connectivity index (χ1n) is 7.49. The van der Waals surface area contributed by atoms with Crippen LogP contribution in [0.4, 0.5) is 13.2 Å². The number of halogens is 3. The quantitative estimate of drug-likeness (QED) is 0.422. The van der Waals surface area contributed by atoms with Crippen LogP contribution in [0.25, 0.3) is 0 Å². The van der Waals surface area contributed by atoms with Crippen LogP contribution in [0.1, 0.15) is 39.5 Å². The van der Waals surface area contributed by atoms with Gasteiger partial charge in [0.2, 0.25) is 0 Å². The number of allylic oxidation sites excluding steroid dienone is 2. The van der Waals surface area contributed by atoms with Gasteiger partial charge < -0.3 is 8.92 Å². The fourth-order valence-electron chi connectivity index (χ4n) is 3.17. The minimum atomic E-state index is -5.87. The molecule has 10 heteroatoms. The lowest BCUT2D eigenvalue weighted by Gasteiger charge is -2.42. The molecular weight excluding hydrogens is 365 g/mol. The lowest BCUT2D eigenvalue weighted by molar-refractivity contribution is -0.144. The van der Waals surface area contributed by atoms with Gasteiger partial charge in [-0.2, -0.15) is 21.6 Å². The summed E-state index contributed by atoms with van der Waals surface area (Å²) in [5.41, 5.74) is -6.16. The lowest BCUT2D eigenvalue weighted by atomic mass is 9.65. The van der Waals surface area contributed by atoms with E-state index in [4.69, 9.17) is 4.74 Å². The molecule has 0 amide bonds. The van der Waals surface area contributed by atoms with Gasteiger partial charge in [0, 0.05) is 13.3 Å². The molecule has 6 nitrogen and oxygen atoms in total. The second kappa shape index (κ2) is 6.47. The molecule has 140 valence electrons. The van der Waals surface area contributed by atoms with Gasteiger partial charge in [0.1, 0.15) is 12.4 Å². The van der Waals surface area contributed by atoms with E-state index in [0.29, 0.717) is 17.6 Å². The van der Waals surface area contributed by atoms with E-state index in [9.17, 15) is 31.2 Å². The maximum atomic E-state index is 12.7. The van der Waals surface area contributed by atoms with Crippen LogP contribution in [-0.2, 0) is 28.6 Å². The van der Waals surface area contributed by atoms with Gasteiger partial charge in [-0.25, -0.2) is 0 Å². The largest absolute Gasteiger partial charge is 0.534 e. The number of carbonyl (C=O) groups is 2. The molecule has 25 heavy (non-hydrogen) atoms. The van der Waals surface area contributed by atoms with Crippen molar-refractivity contribution < 1.29 is 40.1 Å². The first-order chi connectivity index (χ1) is 11.4. The Balaban J connectivity index is 2.52. The number of ketones is 1. The van der Waals surface area contributed by atoms with Gasteiger partial charge in [-0.1, -0.05) is 0 Å². The van der Waals surface area contributed by atoms with Crippen LogP contribution in [0.2, 0.25) is 0 Å². The molecule has 0 heterocycles. The minimum Gasteiger partial charge on any atom is -0.464 e. The van der Waals surface area contributed by atoms with Crippen LogP contribution >= 0.6 is 0 Å². The monoisotopic (exact) mass is 382 g/mol. The number of carbonyl (C=O) groups excluding carboxylic acids is 2. The van der Waals surface area contributed by atoms with Crippen molar-refractivity contribution in [3.63, 3.8) is 0 Å². The fourth-order valence-corrected chi connectivity index (χ4v) is 3.73. The molecule has 0 radical (unpaired) electrons. The van der Waals surface area contributed by atoms with Crippen molar-refractivity contribution in [1.29, 1.82) is 0 Å². The average molecular weight is 382 g/mol. The molecule has 0 unspecified atom stereocenters. The van der Waals surface area contributed by atoms with Crippen molar-refractivity contribution >= 4 is 21.9 Å². The zero-order valence-electron chi connectivity index (χ0n) is 13.6. The third-order valence-corrected chi connectivity index (χ3v) is 5.39. The minimum absolute atomic E-state index is 0.00496. The Kier molecular flexibility index (Phi) is 5.04. The van der Waals surface area contributed by atoms with Gasteiger partial charge in [0.15, 0.2) is 5.78 Å². The van der Waals surface area contributed by atoms with Gasteiger partial charge in [0.25, 0.3) is 0 Å². The van der Waals surface area contributed by atoms with Crippen molar-refractivity contribution in [2.75, 3.05) is 6.61 Å². The molecule has 0 aromatic rings. The van der Waals surface area contributed by atoms with Crippen LogP contribution in [0, 0.1) is 5.41 Å². The molecule has 0 bridgehead atoms. The molecule has 0 aromatic heterocycles. The van der Waals surface area contributed by atoms with E-state index in [0.717, 1.165) is 6.92 Å². The zero-order chi connectivity index (χ0) is 19.0. The molecule has 0 aliphatic heterocycles. The van der Waals surface area contributed by atoms with E-state index in [2.05, 4.69) is 4.18 Å². The number of rotatable bonds is 4. The van der Waals surface area contributed by atoms with Crippen molar-refractivity contribution in [3.05, 3.63) is 23.0 Å². The normalized spacial score (nSPS) is 24.5. The molecule has 0 aromatic carbocycles. The molecule has 2 rings (SSSR count). The second-order valence-electron chi connectivity index (χ2n) is 5.98. The highest BCUT2D eigenvalue weighted by molar-refractivity contribution is 7.87. The van der Waals surface area contributed by atoms with E-state index in [1.54, 1.807) is 0 Å². The molecule has 2 aliphatic rings. The van der Waals surface area contributed by atoms with Crippen molar-refractivity contribution in [1.82, 2.24) is 0 Å². The first-order valence-corrected chi connectivity index (χ1v) is 8.90. The number of fused-ring (bicyclic) bond motifs is 1. The molecule has 0 fully saturated rings. The Morgan fingerprint density at radius 3 is 2.52 bits per heavy atom. The molecule has 2 aliphatic carbocycles. The summed E-state index contributed by atoms with van der Waals surface area (Å²) in [7, 11) is -5.87.